The van der Waals surface area contributed by atoms with E-state index in [-0.39, 0.29) is 24.7 Å². The van der Waals surface area contributed by atoms with Crippen LogP contribution in [-0.2, 0) is 35.2 Å². The number of ether oxygens (including phenoxy) is 3. The summed E-state index contributed by atoms with van der Waals surface area (Å²) in [5, 5.41) is 8.23. The first-order valence-electron chi connectivity index (χ1n) is 14.2. The van der Waals surface area contributed by atoms with Crippen LogP contribution in [0.15, 0.2) is 59.3 Å². The van der Waals surface area contributed by atoms with Gasteiger partial charge in [-0.3, -0.25) is 9.58 Å². The number of aromatic nitrogens is 4. The van der Waals surface area contributed by atoms with E-state index in [2.05, 4.69) is 15.3 Å². The van der Waals surface area contributed by atoms with Crippen LogP contribution in [0.3, 0.4) is 0 Å². The summed E-state index contributed by atoms with van der Waals surface area (Å²) in [6, 6.07) is 9.98. The van der Waals surface area contributed by atoms with Crippen LogP contribution >= 0.6 is 0 Å². The molecule has 0 N–H and O–H groups in total. The summed E-state index contributed by atoms with van der Waals surface area (Å²) in [5.74, 6) is 0.211. The fourth-order valence-electron chi connectivity index (χ4n) is 4.18. The molecule has 2 aromatic carbocycles. The van der Waals surface area contributed by atoms with Crippen LogP contribution in [0, 0.1) is 5.82 Å². The standard InChI is InChI=1S/C31H33F4N5O5/c1-3-43-30(41)40(16-17-42-2)28-19-39(38-37-28)15-5-4-6-22-7-12-26(13-8-22)44-20-25-21-45-29(36-25)14-10-23-9-11-24(18-27(23)32)31(33,34)35/h7-14,18-19,21H,3-6,15-17,20H2,1-2H3. The Morgan fingerprint density at radius 3 is 2.62 bits per heavy atom. The number of methoxy groups -OCH3 is 1. The van der Waals surface area contributed by atoms with Gasteiger partial charge in [-0.25, -0.2) is 14.2 Å². The predicted octanol–water partition coefficient (Wildman–Crippen LogP) is 6.81. The van der Waals surface area contributed by atoms with Gasteiger partial charge in [-0.05, 0) is 62.1 Å². The molecule has 240 valence electrons. The molecule has 14 heteroatoms. The highest BCUT2D eigenvalue weighted by molar-refractivity contribution is 5.86. The molecule has 2 heterocycles. The highest BCUT2D eigenvalue weighted by atomic mass is 19.4. The van der Waals surface area contributed by atoms with Gasteiger partial charge in [0.05, 0.1) is 31.5 Å². The van der Waals surface area contributed by atoms with Crippen molar-refractivity contribution in [2.45, 2.75) is 45.5 Å². The first kappa shape index (κ1) is 33.2. The second kappa shape index (κ2) is 15.8. The third kappa shape index (κ3) is 9.89. The second-order valence-corrected chi connectivity index (χ2v) is 9.82. The number of benzene rings is 2. The molecule has 0 aliphatic carbocycles. The summed E-state index contributed by atoms with van der Waals surface area (Å²) < 4.78 is 75.2. The number of nitrogens with zero attached hydrogens (tertiary/aromatic N) is 5. The summed E-state index contributed by atoms with van der Waals surface area (Å²) in [7, 11) is 1.56. The van der Waals surface area contributed by atoms with E-state index in [1.807, 2.05) is 24.3 Å². The summed E-state index contributed by atoms with van der Waals surface area (Å²) in [6.07, 6.45) is 3.27. The van der Waals surface area contributed by atoms with E-state index in [4.69, 9.17) is 18.6 Å². The van der Waals surface area contributed by atoms with Gasteiger partial charge in [-0.15, -0.1) is 5.10 Å². The average Bonchev–Trinajstić information content (AvgIpc) is 3.68. The van der Waals surface area contributed by atoms with Gasteiger partial charge in [-0.2, -0.15) is 13.2 Å². The van der Waals surface area contributed by atoms with Gasteiger partial charge in [-0.1, -0.05) is 23.4 Å². The lowest BCUT2D eigenvalue weighted by Gasteiger charge is -2.18. The number of unbranched alkanes of at least 4 members (excludes halogenated alkanes) is 1. The predicted molar refractivity (Wildman–Crippen MR) is 157 cm³/mol. The number of aryl methyl sites for hydroxylation is 2. The zero-order chi connectivity index (χ0) is 32.2. The van der Waals surface area contributed by atoms with Crippen LogP contribution in [-0.4, -0.2) is 52.9 Å². The third-order valence-corrected chi connectivity index (χ3v) is 6.53. The minimum atomic E-state index is -4.62. The van der Waals surface area contributed by atoms with Gasteiger partial charge >= 0.3 is 12.3 Å². The SMILES string of the molecule is CCOC(=O)N(CCOC)c1cn(CCCCc2ccc(OCc3coc(C=Cc4ccc(C(F)(F)F)cc4F)n3)cc2)nn1. The number of amides is 1. The highest BCUT2D eigenvalue weighted by Crippen LogP contribution is 2.30. The maximum Gasteiger partial charge on any atom is 0.416 e. The largest absolute Gasteiger partial charge is 0.487 e. The average molecular weight is 632 g/mol. The molecule has 0 atom stereocenters. The van der Waals surface area contributed by atoms with Gasteiger partial charge in [0.2, 0.25) is 5.89 Å². The van der Waals surface area contributed by atoms with Crippen LogP contribution in [0.2, 0.25) is 0 Å². The third-order valence-electron chi connectivity index (χ3n) is 6.53. The Kier molecular flexibility index (Phi) is 11.7. The number of oxazole rings is 1. The lowest BCUT2D eigenvalue weighted by Crippen LogP contribution is -2.34. The zero-order valence-electron chi connectivity index (χ0n) is 24.8. The molecule has 2 aromatic heterocycles. The summed E-state index contributed by atoms with van der Waals surface area (Å²) >= 11 is 0. The molecule has 0 aliphatic heterocycles. The van der Waals surface area contributed by atoms with Crippen LogP contribution in [0.5, 0.6) is 5.75 Å². The molecule has 0 unspecified atom stereocenters. The second-order valence-electron chi connectivity index (χ2n) is 9.82. The van der Waals surface area contributed by atoms with Crippen molar-refractivity contribution in [1.29, 1.82) is 0 Å². The smallest absolute Gasteiger partial charge is 0.416 e. The van der Waals surface area contributed by atoms with Crippen molar-refractivity contribution in [1.82, 2.24) is 20.0 Å². The molecule has 4 rings (SSSR count). The maximum atomic E-state index is 14.0. The normalized spacial score (nSPS) is 11.7. The Morgan fingerprint density at radius 1 is 1.11 bits per heavy atom. The number of hydrogen-bond acceptors (Lipinski definition) is 8. The number of halogens is 4. The molecule has 4 aromatic rings. The van der Waals surface area contributed by atoms with Gasteiger partial charge in [0.1, 0.15) is 30.1 Å². The van der Waals surface area contributed by atoms with Crippen LogP contribution in [0.1, 0.15) is 48.0 Å². The summed E-state index contributed by atoms with van der Waals surface area (Å²) in [6.45, 7) is 3.42. The zero-order valence-corrected chi connectivity index (χ0v) is 24.8. The van der Waals surface area contributed by atoms with Crippen molar-refractivity contribution in [3.8, 4) is 5.75 Å². The van der Waals surface area contributed by atoms with Crippen molar-refractivity contribution < 1.29 is 41.0 Å². The van der Waals surface area contributed by atoms with Crippen molar-refractivity contribution >= 4 is 24.1 Å². The van der Waals surface area contributed by atoms with E-state index in [1.54, 1.807) is 24.9 Å². The Morgan fingerprint density at radius 2 is 1.91 bits per heavy atom. The first-order chi connectivity index (χ1) is 21.7. The Hall–Kier alpha value is -4.72. The van der Waals surface area contributed by atoms with Gasteiger partial charge < -0.3 is 18.6 Å². The molecule has 0 saturated carbocycles. The fraction of sp³-hybridized carbons (Fsp3) is 0.355. The lowest BCUT2D eigenvalue weighted by molar-refractivity contribution is -0.137. The molecule has 0 aliphatic rings. The molecule has 0 fully saturated rings. The quantitative estimate of drug-likeness (QED) is 0.104. The molecule has 0 radical (unpaired) electrons. The van der Waals surface area contributed by atoms with Crippen molar-refractivity contribution in [2.75, 3.05) is 31.8 Å². The first-order valence-corrected chi connectivity index (χ1v) is 14.2. The minimum absolute atomic E-state index is 0.0253. The van der Waals surface area contributed by atoms with Crippen molar-refractivity contribution in [3.05, 3.63) is 89.0 Å². The summed E-state index contributed by atoms with van der Waals surface area (Å²) in [5.41, 5.74) is 0.548. The van der Waals surface area contributed by atoms with E-state index < -0.39 is 23.7 Å². The number of carbonyl (C=O) groups is 1. The highest BCUT2D eigenvalue weighted by Gasteiger charge is 2.31. The number of alkyl halides is 3. The number of hydrogen-bond donors (Lipinski definition) is 0. The molecule has 45 heavy (non-hydrogen) atoms. The number of rotatable bonds is 15. The summed E-state index contributed by atoms with van der Waals surface area (Å²) in [4.78, 5) is 17.9. The van der Waals surface area contributed by atoms with E-state index in [0.29, 0.717) is 43.0 Å². The molecular weight excluding hydrogens is 598 g/mol. The number of anilines is 1. The van der Waals surface area contributed by atoms with E-state index in [9.17, 15) is 22.4 Å². The Labute approximate surface area is 257 Å². The Bertz CT molecular complexity index is 1550. The number of carbonyl (C=O) groups excluding carboxylic acids is 1. The molecule has 0 saturated heterocycles. The van der Waals surface area contributed by atoms with Crippen LogP contribution < -0.4 is 9.64 Å². The van der Waals surface area contributed by atoms with Crippen LogP contribution in [0.25, 0.3) is 12.2 Å². The molecule has 1 amide bonds. The van der Waals surface area contributed by atoms with Gasteiger partial charge in [0.15, 0.2) is 5.82 Å². The van der Waals surface area contributed by atoms with E-state index in [0.717, 1.165) is 37.0 Å². The minimum Gasteiger partial charge on any atom is -0.487 e. The monoisotopic (exact) mass is 631 g/mol. The molecule has 0 spiro atoms. The van der Waals surface area contributed by atoms with E-state index in [1.165, 1.54) is 23.3 Å². The van der Waals surface area contributed by atoms with Crippen molar-refractivity contribution in [3.63, 3.8) is 0 Å². The molecular formula is C31H33F4N5O5. The molecule has 10 nitrogen and oxygen atoms in total. The maximum absolute atomic E-state index is 14.0. The topological polar surface area (TPSA) is 105 Å². The van der Waals surface area contributed by atoms with E-state index >= 15 is 0 Å². The Balaban J connectivity index is 1.19. The fourth-order valence-corrected chi connectivity index (χ4v) is 4.18. The van der Waals surface area contributed by atoms with Crippen molar-refractivity contribution in [2.24, 2.45) is 0 Å². The van der Waals surface area contributed by atoms with Crippen LogP contribution in [0.4, 0.5) is 28.2 Å². The molecule has 0 bridgehead atoms. The van der Waals surface area contributed by atoms with Gasteiger partial charge in [0, 0.05) is 25.3 Å². The van der Waals surface area contributed by atoms with Gasteiger partial charge in [0.25, 0.3) is 0 Å². The lowest BCUT2D eigenvalue weighted by atomic mass is 10.1.